The minimum atomic E-state index is -0.406. The van der Waals surface area contributed by atoms with Crippen molar-refractivity contribution < 1.29 is 19.0 Å². The predicted molar refractivity (Wildman–Crippen MR) is 132 cm³/mol. The largest absolute Gasteiger partial charge is 0.497 e. The Morgan fingerprint density at radius 3 is 2.09 bits per heavy atom. The monoisotopic (exact) mass is 474 g/mol. The maximum Gasteiger partial charge on any atom is 0.323 e. The van der Waals surface area contributed by atoms with Crippen LogP contribution in [0.25, 0.3) is 5.82 Å². The number of nitrogens with one attached hydrogen (secondary N) is 2. The average molecular weight is 475 g/mol. The fraction of sp³-hybridized carbons (Fsp3) is 0.200. The molecule has 35 heavy (non-hydrogen) atoms. The van der Waals surface area contributed by atoms with Gasteiger partial charge in [0.1, 0.15) is 35.2 Å². The van der Waals surface area contributed by atoms with Crippen LogP contribution < -0.4 is 24.8 Å². The van der Waals surface area contributed by atoms with Gasteiger partial charge in [-0.15, -0.1) is 0 Å². The van der Waals surface area contributed by atoms with E-state index in [1.165, 1.54) is 0 Å². The molecule has 2 heterocycles. The molecule has 180 valence electrons. The zero-order chi connectivity index (χ0) is 24.9. The molecule has 2 aromatic heterocycles. The molecule has 4 aromatic rings. The van der Waals surface area contributed by atoms with Crippen molar-refractivity contribution in [1.29, 1.82) is 0 Å². The van der Waals surface area contributed by atoms with Crippen molar-refractivity contribution >= 4 is 17.4 Å². The van der Waals surface area contributed by atoms with E-state index in [2.05, 4.69) is 25.6 Å². The van der Waals surface area contributed by atoms with E-state index >= 15 is 0 Å². The van der Waals surface area contributed by atoms with Crippen LogP contribution in [0.15, 0.2) is 54.9 Å². The number of hydrogen-bond donors (Lipinski definition) is 2. The maximum atomic E-state index is 12.4. The highest BCUT2D eigenvalue weighted by molar-refractivity contribution is 6.00. The second-order valence-corrected chi connectivity index (χ2v) is 7.70. The normalized spacial score (nSPS) is 10.5. The molecule has 0 aliphatic carbocycles. The maximum absolute atomic E-state index is 12.4. The number of benzene rings is 2. The van der Waals surface area contributed by atoms with E-state index in [1.54, 1.807) is 76.0 Å². The molecule has 0 saturated heterocycles. The predicted octanol–water partition coefficient (Wildman–Crippen LogP) is 5.04. The number of nitrogens with zero attached hydrogens (tertiary/aromatic N) is 4. The molecule has 0 atom stereocenters. The van der Waals surface area contributed by atoms with Crippen LogP contribution in [0.5, 0.6) is 23.1 Å². The zero-order valence-corrected chi connectivity index (χ0v) is 20.1. The van der Waals surface area contributed by atoms with Crippen LogP contribution in [0.1, 0.15) is 17.2 Å². The van der Waals surface area contributed by atoms with Crippen molar-refractivity contribution in [3.63, 3.8) is 0 Å². The molecule has 0 aliphatic rings. The molecule has 2 N–H and O–H groups in total. The van der Waals surface area contributed by atoms with Crippen LogP contribution in [0.2, 0.25) is 0 Å². The van der Waals surface area contributed by atoms with Gasteiger partial charge in [0.15, 0.2) is 0 Å². The third kappa shape index (κ3) is 5.67. The summed E-state index contributed by atoms with van der Waals surface area (Å²) in [5.41, 5.74) is 3.06. The third-order valence-electron chi connectivity index (χ3n) is 5.24. The highest BCUT2D eigenvalue weighted by Crippen LogP contribution is 2.27. The van der Waals surface area contributed by atoms with Crippen molar-refractivity contribution in [2.24, 2.45) is 0 Å². The summed E-state index contributed by atoms with van der Waals surface area (Å²) in [4.78, 5) is 25.6. The summed E-state index contributed by atoms with van der Waals surface area (Å²) in [5.74, 6) is 3.37. The first-order valence-electron chi connectivity index (χ1n) is 10.8. The van der Waals surface area contributed by atoms with E-state index in [1.807, 2.05) is 18.4 Å². The smallest absolute Gasteiger partial charge is 0.323 e. The lowest BCUT2D eigenvalue weighted by Gasteiger charge is -2.12. The van der Waals surface area contributed by atoms with Crippen molar-refractivity contribution in [2.45, 2.75) is 20.8 Å². The number of anilines is 2. The fourth-order valence-electron chi connectivity index (χ4n) is 3.33. The Kier molecular flexibility index (Phi) is 6.81. The number of rotatable bonds is 7. The number of urea groups is 1. The second kappa shape index (κ2) is 10.1. The summed E-state index contributed by atoms with van der Waals surface area (Å²) in [7, 11) is 3.09. The number of carbonyl (C=O) groups is 1. The molecule has 0 aliphatic heterocycles. The summed E-state index contributed by atoms with van der Waals surface area (Å²) in [6.45, 7) is 5.73. The lowest BCUT2D eigenvalue weighted by Crippen LogP contribution is -2.19. The molecule has 0 bridgehead atoms. The van der Waals surface area contributed by atoms with E-state index < -0.39 is 6.03 Å². The van der Waals surface area contributed by atoms with Gasteiger partial charge in [0.05, 0.1) is 19.9 Å². The van der Waals surface area contributed by atoms with Crippen LogP contribution in [-0.4, -0.2) is 39.8 Å². The first-order valence-corrected chi connectivity index (χ1v) is 10.8. The number of ether oxygens (including phenoxy) is 3. The van der Waals surface area contributed by atoms with Crippen LogP contribution in [0.4, 0.5) is 16.2 Å². The molecule has 0 spiro atoms. The number of methoxy groups -OCH3 is 2. The molecule has 0 fully saturated rings. The minimum Gasteiger partial charge on any atom is -0.497 e. The topological polar surface area (TPSA) is 112 Å². The van der Waals surface area contributed by atoms with Crippen molar-refractivity contribution in [3.05, 3.63) is 72.1 Å². The number of imidazole rings is 1. The van der Waals surface area contributed by atoms with E-state index in [4.69, 9.17) is 14.2 Å². The summed E-state index contributed by atoms with van der Waals surface area (Å²) >= 11 is 0. The fourth-order valence-corrected chi connectivity index (χ4v) is 3.33. The molecule has 10 heteroatoms. The SMILES string of the molecule is COc1cc(NC(=O)Nc2ccc(Oc3cc(-n4cnc(C)c4C)nc(C)n3)cc2)cc(OC)c1. The van der Waals surface area contributed by atoms with Gasteiger partial charge in [-0.1, -0.05) is 0 Å². The van der Waals surface area contributed by atoms with Crippen molar-refractivity contribution in [2.75, 3.05) is 24.9 Å². The van der Waals surface area contributed by atoms with Crippen LogP contribution in [0, 0.1) is 20.8 Å². The van der Waals surface area contributed by atoms with Gasteiger partial charge in [0.2, 0.25) is 5.88 Å². The lowest BCUT2D eigenvalue weighted by molar-refractivity contribution is 0.262. The number of hydrogen-bond acceptors (Lipinski definition) is 7. The third-order valence-corrected chi connectivity index (χ3v) is 5.24. The molecule has 10 nitrogen and oxygen atoms in total. The summed E-state index contributed by atoms with van der Waals surface area (Å²) in [6, 6.07) is 13.4. The van der Waals surface area contributed by atoms with Gasteiger partial charge in [-0.3, -0.25) is 4.57 Å². The first-order chi connectivity index (χ1) is 16.8. The highest BCUT2D eigenvalue weighted by Gasteiger charge is 2.11. The molecule has 4 rings (SSSR count). The van der Waals surface area contributed by atoms with E-state index in [-0.39, 0.29) is 0 Å². The van der Waals surface area contributed by atoms with Gasteiger partial charge in [-0.25, -0.2) is 14.8 Å². The summed E-state index contributed by atoms with van der Waals surface area (Å²) in [6.07, 6.45) is 1.73. The van der Waals surface area contributed by atoms with E-state index in [0.29, 0.717) is 46.1 Å². The van der Waals surface area contributed by atoms with Crippen LogP contribution >= 0.6 is 0 Å². The minimum absolute atomic E-state index is 0.406. The number of amides is 2. The Bertz CT molecular complexity index is 1330. The molecule has 0 radical (unpaired) electrons. The van der Waals surface area contributed by atoms with E-state index in [9.17, 15) is 4.79 Å². The molecule has 2 amide bonds. The Morgan fingerprint density at radius 2 is 1.49 bits per heavy atom. The van der Waals surface area contributed by atoms with Crippen molar-refractivity contribution in [1.82, 2.24) is 19.5 Å². The standard InChI is InChI=1S/C25H26N6O4/c1-15-16(2)31(14-26-15)23-13-24(28-17(3)27-23)35-20-8-6-18(7-9-20)29-25(32)30-19-10-21(33-4)12-22(11-19)34-5/h6-14H,1-5H3,(H2,29,30,32). The molecular weight excluding hydrogens is 448 g/mol. The Hall–Kier alpha value is -4.60. The Balaban J connectivity index is 1.42. The van der Waals surface area contributed by atoms with Gasteiger partial charge in [0, 0.05) is 41.3 Å². The number of aryl methyl sites for hydroxylation is 2. The molecule has 2 aromatic carbocycles. The van der Waals surface area contributed by atoms with Gasteiger partial charge >= 0.3 is 6.03 Å². The van der Waals surface area contributed by atoms with Gasteiger partial charge in [0.25, 0.3) is 0 Å². The lowest BCUT2D eigenvalue weighted by atomic mass is 10.2. The highest BCUT2D eigenvalue weighted by atomic mass is 16.5. The summed E-state index contributed by atoms with van der Waals surface area (Å²) < 4.78 is 18.3. The molecule has 0 saturated carbocycles. The zero-order valence-electron chi connectivity index (χ0n) is 20.1. The Labute approximate surface area is 202 Å². The van der Waals surface area contributed by atoms with Crippen LogP contribution in [0.3, 0.4) is 0 Å². The van der Waals surface area contributed by atoms with Crippen LogP contribution in [-0.2, 0) is 0 Å². The Morgan fingerprint density at radius 1 is 0.829 bits per heavy atom. The van der Waals surface area contributed by atoms with Gasteiger partial charge in [-0.2, -0.15) is 4.98 Å². The molecular formula is C25H26N6O4. The molecule has 0 unspecified atom stereocenters. The van der Waals surface area contributed by atoms with E-state index in [0.717, 1.165) is 11.4 Å². The number of aromatic nitrogens is 4. The average Bonchev–Trinajstić information content (AvgIpc) is 3.17. The quantitative estimate of drug-likeness (QED) is 0.386. The second-order valence-electron chi connectivity index (χ2n) is 7.70. The van der Waals surface area contributed by atoms with Crippen molar-refractivity contribution in [3.8, 4) is 28.9 Å². The van der Waals surface area contributed by atoms with Gasteiger partial charge in [-0.05, 0) is 45.0 Å². The van der Waals surface area contributed by atoms with Gasteiger partial charge < -0.3 is 24.8 Å². The number of carbonyl (C=O) groups excluding carboxylic acids is 1. The summed E-state index contributed by atoms with van der Waals surface area (Å²) in [5, 5.41) is 5.54. The first kappa shape index (κ1) is 23.6.